The van der Waals surface area contributed by atoms with Gasteiger partial charge >= 0.3 is 0 Å². The minimum Gasteiger partial charge on any atom is -0.384 e. The summed E-state index contributed by atoms with van der Waals surface area (Å²) < 4.78 is 0. The monoisotopic (exact) mass is 366 g/mol. The van der Waals surface area contributed by atoms with Crippen molar-refractivity contribution in [2.24, 2.45) is 0 Å². The molecule has 140 valence electrons. The molecule has 2 aromatic rings. The van der Waals surface area contributed by atoms with Gasteiger partial charge in [0, 0.05) is 12.8 Å². The molecule has 1 heterocycles. The van der Waals surface area contributed by atoms with Gasteiger partial charge in [-0.25, -0.2) is 0 Å². The average Bonchev–Trinajstić information content (AvgIpc) is 2.99. The highest BCUT2D eigenvalue weighted by molar-refractivity contribution is 6.04. The zero-order valence-electron chi connectivity index (χ0n) is 15.1. The van der Waals surface area contributed by atoms with Gasteiger partial charge in [-0.2, -0.15) is 0 Å². The van der Waals surface area contributed by atoms with E-state index < -0.39 is 11.5 Å². The number of nitrogens with one attached hydrogen (secondary N) is 1. The Hall–Kier alpha value is -2.99. The quantitative estimate of drug-likeness (QED) is 0.764. The predicted molar refractivity (Wildman–Crippen MR) is 100 cm³/mol. The molecule has 27 heavy (non-hydrogen) atoms. The number of nitrogens with zero attached hydrogens (tertiary/aromatic N) is 1. The molecule has 0 aliphatic carbocycles. The van der Waals surface area contributed by atoms with Gasteiger partial charge in [0.2, 0.25) is 17.7 Å². The predicted octanol–water partition coefficient (Wildman–Crippen LogP) is 1.83. The third kappa shape index (κ3) is 4.41. The van der Waals surface area contributed by atoms with Crippen molar-refractivity contribution in [3.8, 4) is 11.1 Å². The lowest BCUT2D eigenvalue weighted by molar-refractivity contribution is -0.142. The SMILES string of the molecule is C[C@@](O)(CNC(=O)CN1C(=O)CCC1=O)c1ccc(-c2ccccc2)cc1. The summed E-state index contributed by atoms with van der Waals surface area (Å²) in [7, 11) is 0. The summed E-state index contributed by atoms with van der Waals surface area (Å²) >= 11 is 0. The van der Waals surface area contributed by atoms with Crippen LogP contribution in [0.2, 0.25) is 0 Å². The van der Waals surface area contributed by atoms with E-state index in [1.807, 2.05) is 54.6 Å². The lowest BCUT2D eigenvalue weighted by atomic mass is 9.93. The Bertz CT molecular complexity index is 828. The first-order chi connectivity index (χ1) is 12.9. The largest absolute Gasteiger partial charge is 0.384 e. The molecule has 2 N–H and O–H groups in total. The fraction of sp³-hybridized carbons (Fsp3) is 0.286. The molecule has 0 saturated carbocycles. The number of benzene rings is 2. The third-order valence-corrected chi connectivity index (χ3v) is 4.70. The van der Waals surface area contributed by atoms with Gasteiger partial charge < -0.3 is 10.4 Å². The van der Waals surface area contributed by atoms with E-state index in [0.717, 1.165) is 16.0 Å². The fourth-order valence-corrected chi connectivity index (χ4v) is 3.02. The van der Waals surface area contributed by atoms with Crippen molar-refractivity contribution in [2.75, 3.05) is 13.1 Å². The van der Waals surface area contributed by atoms with Crippen LogP contribution >= 0.6 is 0 Å². The Morgan fingerprint density at radius 3 is 2.15 bits per heavy atom. The molecule has 0 unspecified atom stereocenters. The molecule has 0 bridgehead atoms. The molecule has 1 aliphatic heterocycles. The van der Waals surface area contributed by atoms with Crippen LogP contribution < -0.4 is 5.32 Å². The van der Waals surface area contributed by atoms with E-state index in [0.29, 0.717) is 5.56 Å². The average molecular weight is 366 g/mol. The van der Waals surface area contributed by atoms with Crippen molar-refractivity contribution in [3.05, 3.63) is 60.2 Å². The first-order valence-electron chi connectivity index (χ1n) is 8.85. The number of rotatable bonds is 6. The number of likely N-dealkylation sites (tertiary alicyclic amines) is 1. The van der Waals surface area contributed by atoms with E-state index in [1.165, 1.54) is 0 Å². The maximum Gasteiger partial charge on any atom is 0.240 e. The zero-order chi connectivity index (χ0) is 19.4. The van der Waals surface area contributed by atoms with Crippen LogP contribution in [0, 0.1) is 0 Å². The highest BCUT2D eigenvalue weighted by Gasteiger charge is 2.31. The van der Waals surface area contributed by atoms with E-state index in [-0.39, 0.29) is 37.7 Å². The number of amides is 3. The van der Waals surface area contributed by atoms with Crippen LogP contribution in [-0.2, 0) is 20.0 Å². The molecule has 1 aliphatic rings. The maximum atomic E-state index is 12.0. The standard InChI is InChI=1S/C21H22N2O4/c1-21(27,14-22-18(24)13-23-19(25)11-12-20(23)26)17-9-7-16(8-10-17)15-5-3-2-4-6-15/h2-10,27H,11-14H2,1H3,(H,22,24)/t21-/m1/s1. The molecule has 6 heteroatoms. The minimum absolute atomic E-state index is 0.0211. The molecule has 0 aromatic heterocycles. The van der Waals surface area contributed by atoms with E-state index in [2.05, 4.69) is 5.32 Å². The highest BCUT2D eigenvalue weighted by Crippen LogP contribution is 2.24. The first-order valence-corrected chi connectivity index (χ1v) is 8.85. The van der Waals surface area contributed by atoms with Crippen molar-refractivity contribution in [3.63, 3.8) is 0 Å². The molecule has 1 fully saturated rings. The third-order valence-electron chi connectivity index (χ3n) is 4.70. The van der Waals surface area contributed by atoms with Crippen molar-refractivity contribution >= 4 is 17.7 Å². The van der Waals surface area contributed by atoms with E-state index in [4.69, 9.17) is 0 Å². The number of imide groups is 1. The summed E-state index contributed by atoms with van der Waals surface area (Å²) in [4.78, 5) is 36.1. The molecule has 3 rings (SSSR count). The normalized spacial score (nSPS) is 16.3. The summed E-state index contributed by atoms with van der Waals surface area (Å²) in [5.74, 6) is -1.14. The Balaban J connectivity index is 1.60. The van der Waals surface area contributed by atoms with E-state index >= 15 is 0 Å². The van der Waals surface area contributed by atoms with Crippen molar-refractivity contribution in [1.29, 1.82) is 0 Å². The van der Waals surface area contributed by atoms with Crippen LogP contribution in [0.4, 0.5) is 0 Å². The topological polar surface area (TPSA) is 86.7 Å². The van der Waals surface area contributed by atoms with Crippen LogP contribution in [0.5, 0.6) is 0 Å². The molecule has 0 spiro atoms. The van der Waals surface area contributed by atoms with Crippen molar-refractivity contribution < 1.29 is 19.5 Å². The number of aliphatic hydroxyl groups is 1. The molecule has 3 amide bonds. The number of hydrogen-bond acceptors (Lipinski definition) is 4. The van der Waals surface area contributed by atoms with Crippen LogP contribution in [-0.4, -0.2) is 40.8 Å². The number of carbonyl (C=O) groups excluding carboxylic acids is 3. The lowest BCUT2D eigenvalue weighted by Crippen LogP contribution is -2.44. The Kier molecular flexibility index (Phi) is 5.37. The molecule has 0 radical (unpaired) electrons. The summed E-state index contributed by atoms with van der Waals surface area (Å²) in [6.07, 6.45) is 0.301. The molecule has 6 nitrogen and oxygen atoms in total. The van der Waals surface area contributed by atoms with Crippen molar-refractivity contribution in [2.45, 2.75) is 25.4 Å². The minimum atomic E-state index is -1.27. The van der Waals surface area contributed by atoms with Gasteiger partial charge in [-0.15, -0.1) is 0 Å². The zero-order valence-corrected chi connectivity index (χ0v) is 15.1. The Morgan fingerprint density at radius 1 is 1.00 bits per heavy atom. The smallest absolute Gasteiger partial charge is 0.240 e. The van der Waals surface area contributed by atoms with Crippen LogP contribution in [0.1, 0.15) is 25.3 Å². The maximum absolute atomic E-state index is 12.0. The van der Waals surface area contributed by atoms with E-state index in [1.54, 1.807) is 6.92 Å². The fourth-order valence-electron chi connectivity index (χ4n) is 3.02. The van der Waals surface area contributed by atoms with Crippen molar-refractivity contribution in [1.82, 2.24) is 10.2 Å². The molecule has 2 aromatic carbocycles. The molecular weight excluding hydrogens is 344 g/mol. The second-order valence-electron chi connectivity index (χ2n) is 6.87. The van der Waals surface area contributed by atoms with Gasteiger partial charge in [-0.1, -0.05) is 54.6 Å². The first kappa shape index (κ1) is 18.8. The van der Waals surface area contributed by atoms with Crippen LogP contribution in [0.25, 0.3) is 11.1 Å². The summed E-state index contributed by atoms with van der Waals surface area (Å²) in [6, 6.07) is 17.4. The van der Waals surface area contributed by atoms with Gasteiger partial charge in [0.05, 0.1) is 6.54 Å². The summed E-state index contributed by atoms with van der Waals surface area (Å²) in [6.45, 7) is 1.28. The van der Waals surface area contributed by atoms with Crippen LogP contribution in [0.15, 0.2) is 54.6 Å². The number of carbonyl (C=O) groups is 3. The second kappa shape index (κ2) is 7.72. The number of hydrogen-bond donors (Lipinski definition) is 2. The summed E-state index contributed by atoms with van der Waals surface area (Å²) in [5, 5.41) is 13.3. The Morgan fingerprint density at radius 2 is 1.56 bits per heavy atom. The molecule has 1 saturated heterocycles. The van der Waals surface area contributed by atoms with Gasteiger partial charge in [0.25, 0.3) is 0 Å². The van der Waals surface area contributed by atoms with Gasteiger partial charge in [-0.05, 0) is 23.6 Å². The highest BCUT2D eigenvalue weighted by atomic mass is 16.3. The van der Waals surface area contributed by atoms with Gasteiger partial charge in [-0.3, -0.25) is 19.3 Å². The lowest BCUT2D eigenvalue weighted by Gasteiger charge is -2.25. The summed E-state index contributed by atoms with van der Waals surface area (Å²) in [5.41, 5.74) is 1.50. The van der Waals surface area contributed by atoms with Gasteiger partial charge in [0.1, 0.15) is 12.1 Å². The van der Waals surface area contributed by atoms with Gasteiger partial charge in [0.15, 0.2) is 0 Å². The Labute approximate surface area is 157 Å². The van der Waals surface area contributed by atoms with E-state index in [9.17, 15) is 19.5 Å². The van der Waals surface area contributed by atoms with Crippen LogP contribution in [0.3, 0.4) is 0 Å². The molecular formula is C21H22N2O4. The molecule has 1 atom stereocenters. The second-order valence-corrected chi connectivity index (χ2v) is 6.87.